The number of nitrogens with two attached hydrogens (primary N) is 1. The van der Waals surface area contributed by atoms with E-state index in [0.717, 1.165) is 4.57 Å². The maximum Gasteiger partial charge on any atom is 0.332 e. The Hall–Kier alpha value is -2.75. The topological polar surface area (TPSA) is 125 Å². The first-order valence-electron chi connectivity index (χ1n) is 6.42. The predicted octanol–water partition coefficient (Wildman–Crippen LogP) is -0.524. The van der Waals surface area contributed by atoms with E-state index in [-0.39, 0.29) is 11.4 Å². The number of nitrogens with one attached hydrogen (secondary N) is 1. The second-order valence-electron chi connectivity index (χ2n) is 4.73. The minimum atomic E-state index is -4.32. The first kappa shape index (κ1) is 16.6. The number of nitrogens with zero attached hydrogens (tertiary/aromatic N) is 2. The smallest absolute Gasteiger partial charge is 0.332 e. The highest BCUT2D eigenvalue weighted by molar-refractivity contribution is 7.92. The fraction of sp³-hybridized carbons (Fsp3) is 0.231. The molecule has 1 heterocycles. The van der Waals surface area contributed by atoms with E-state index >= 15 is 0 Å². The number of rotatable bonds is 4. The predicted molar refractivity (Wildman–Crippen MR) is 85.1 cm³/mol. The van der Waals surface area contributed by atoms with Crippen LogP contribution in [0, 0.1) is 0 Å². The van der Waals surface area contributed by atoms with Crippen molar-refractivity contribution < 1.29 is 13.2 Å². The molecule has 2 aromatic rings. The number of hydrogen-bond acceptors (Lipinski definition) is 6. The summed E-state index contributed by atoms with van der Waals surface area (Å²) < 4.78 is 34.0. The molecular formula is C13H16N4O5S. The van der Waals surface area contributed by atoms with E-state index < -0.39 is 32.0 Å². The summed E-state index contributed by atoms with van der Waals surface area (Å²) in [4.78, 5) is 23.2. The highest BCUT2D eigenvalue weighted by atomic mass is 32.2. The van der Waals surface area contributed by atoms with Crippen LogP contribution in [0.15, 0.2) is 38.8 Å². The maximum atomic E-state index is 12.6. The van der Waals surface area contributed by atoms with Crippen LogP contribution >= 0.6 is 0 Å². The van der Waals surface area contributed by atoms with Crippen molar-refractivity contribution in [1.82, 2.24) is 9.13 Å². The van der Waals surface area contributed by atoms with Crippen molar-refractivity contribution >= 4 is 21.5 Å². The average Bonchev–Trinajstić information content (AvgIpc) is 2.51. The van der Waals surface area contributed by atoms with Gasteiger partial charge in [-0.1, -0.05) is 12.1 Å². The summed E-state index contributed by atoms with van der Waals surface area (Å²) in [5, 5.41) is 0. The van der Waals surface area contributed by atoms with Crippen molar-refractivity contribution in [2.24, 2.45) is 14.1 Å². The molecule has 0 fully saturated rings. The molecule has 23 heavy (non-hydrogen) atoms. The Morgan fingerprint density at radius 2 is 1.74 bits per heavy atom. The molecule has 0 saturated heterocycles. The van der Waals surface area contributed by atoms with E-state index in [9.17, 15) is 18.0 Å². The Bertz CT molecular complexity index is 975. The average molecular weight is 340 g/mol. The van der Waals surface area contributed by atoms with E-state index in [2.05, 4.69) is 4.72 Å². The van der Waals surface area contributed by atoms with Gasteiger partial charge in [0.15, 0.2) is 4.90 Å². The number of methoxy groups -OCH3 is 1. The van der Waals surface area contributed by atoms with E-state index in [0.29, 0.717) is 4.57 Å². The summed E-state index contributed by atoms with van der Waals surface area (Å²) in [6.45, 7) is 0. The van der Waals surface area contributed by atoms with Gasteiger partial charge in [-0.15, -0.1) is 0 Å². The monoisotopic (exact) mass is 340 g/mol. The van der Waals surface area contributed by atoms with Crippen LogP contribution in [-0.2, 0) is 24.1 Å². The lowest BCUT2D eigenvalue weighted by molar-refractivity contribution is 0.417. The lowest BCUT2D eigenvalue weighted by atomic mass is 10.3. The molecule has 0 unspecified atom stereocenters. The third-order valence-corrected chi connectivity index (χ3v) is 4.70. The summed E-state index contributed by atoms with van der Waals surface area (Å²) in [5.41, 5.74) is 4.08. The highest BCUT2D eigenvalue weighted by Gasteiger charge is 2.27. The van der Waals surface area contributed by atoms with E-state index in [4.69, 9.17) is 10.5 Å². The second kappa shape index (κ2) is 5.80. The fourth-order valence-electron chi connectivity index (χ4n) is 2.01. The number of benzene rings is 1. The molecule has 1 aromatic carbocycles. The molecule has 0 atom stereocenters. The molecule has 2 rings (SSSR count). The molecule has 0 saturated carbocycles. The summed E-state index contributed by atoms with van der Waals surface area (Å²) in [5.74, 6) is -0.170. The summed E-state index contributed by atoms with van der Waals surface area (Å²) in [6, 6.07) is 6.29. The molecule has 1 aromatic heterocycles. The van der Waals surface area contributed by atoms with Gasteiger partial charge in [0.05, 0.1) is 12.8 Å². The zero-order valence-corrected chi connectivity index (χ0v) is 13.5. The van der Waals surface area contributed by atoms with Gasteiger partial charge in [0.1, 0.15) is 11.6 Å². The molecule has 0 aliphatic rings. The first-order chi connectivity index (χ1) is 10.7. The zero-order chi connectivity index (χ0) is 17.4. The maximum absolute atomic E-state index is 12.6. The van der Waals surface area contributed by atoms with Crippen molar-refractivity contribution in [1.29, 1.82) is 0 Å². The molecule has 124 valence electrons. The number of anilines is 2. The lowest BCUT2D eigenvalue weighted by Gasteiger charge is -2.14. The van der Waals surface area contributed by atoms with Gasteiger partial charge in [0, 0.05) is 14.1 Å². The van der Waals surface area contributed by atoms with Crippen molar-refractivity contribution in [3.05, 3.63) is 45.1 Å². The van der Waals surface area contributed by atoms with Crippen LogP contribution in [0.2, 0.25) is 0 Å². The van der Waals surface area contributed by atoms with Crippen LogP contribution in [0.4, 0.5) is 11.5 Å². The van der Waals surface area contributed by atoms with E-state index in [1.165, 1.54) is 27.3 Å². The Kier molecular flexibility index (Phi) is 4.19. The molecule has 3 N–H and O–H groups in total. The number of ether oxygens (including phenoxy) is 1. The first-order valence-corrected chi connectivity index (χ1v) is 7.90. The van der Waals surface area contributed by atoms with Crippen LogP contribution in [0.5, 0.6) is 5.75 Å². The lowest BCUT2D eigenvalue weighted by Crippen LogP contribution is -2.42. The van der Waals surface area contributed by atoms with Gasteiger partial charge in [0.25, 0.3) is 15.6 Å². The van der Waals surface area contributed by atoms with Crippen molar-refractivity contribution in [3.8, 4) is 5.75 Å². The number of hydrogen-bond donors (Lipinski definition) is 2. The van der Waals surface area contributed by atoms with Gasteiger partial charge < -0.3 is 10.5 Å². The Morgan fingerprint density at radius 3 is 2.35 bits per heavy atom. The van der Waals surface area contributed by atoms with Crippen LogP contribution in [0.25, 0.3) is 0 Å². The molecule has 0 spiro atoms. The molecule has 0 radical (unpaired) electrons. The van der Waals surface area contributed by atoms with Crippen LogP contribution in [0.3, 0.4) is 0 Å². The number of aromatic nitrogens is 2. The highest BCUT2D eigenvalue weighted by Crippen LogP contribution is 2.26. The Balaban J connectivity index is 2.67. The van der Waals surface area contributed by atoms with Gasteiger partial charge in [-0.05, 0) is 12.1 Å². The zero-order valence-electron chi connectivity index (χ0n) is 12.7. The summed E-state index contributed by atoms with van der Waals surface area (Å²) >= 11 is 0. The normalized spacial score (nSPS) is 11.3. The number of sulfonamides is 1. The molecule has 0 bridgehead atoms. The molecule has 0 aliphatic carbocycles. The van der Waals surface area contributed by atoms with Crippen LogP contribution in [0.1, 0.15) is 0 Å². The SMILES string of the molecule is COc1ccccc1NS(=O)(=O)c1c(N)n(C)c(=O)n(C)c1=O. The largest absolute Gasteiger partial charge is 0.495 e. The van der Waals surface area contributed by atoms with E-state index in [1.807, 2.05) is 0 Å². The van der Waals surface area contributed by atoms with Crippen molar-refractivity contribution in [3.63, 3.8) is 0 Å². The van der Waals surface area contributed by atoms with Gasteiger partial charge in [-0.25, -0.2) is 13.2 Å². The fourth-order valence-corrected chi connectivity index (χ4v) is 3.35. The summed E-state index contributed by atoms with van der Waals surface area (Å²) in [7, 11) is -0.486. The quantitative estimate of drug-likeness (QED) is 0.771. The molecule has 0 amide bonds. The number of para-hydroxylation sites is 2. The number of nitrogen functional groups attached to an aromatic ring is 1. The van der Waals surface area contributed by atoms with Crippen molar-refractivity contribution in [2.75, 3.05) is 17.6 Å². The third-order valence-electron chi connectivity index (χ3n) is 3.29. The van der Waals surface area contributed by atoms with Crippen LogP contribution < -0.4 is 26.4 Å². The van der Waals surface area contributed by atoms with Gasteiger partial charge in [0.2, 0.25) is 0 Å². The summed E-state index contributed by atoms with van der Waals surface area (Å²) in [6.07, 6.45) is 0. The van der Waals surface area contributed by atoms with E-state index in [1.54, 1.807) is 18.2 Å². The van der Waals surface area contributed by atoms with Gasteiger partial charge in [-0.3, -0.25) is 18.7 Å². The minimum Gasteiger partial charge on any atom is -0.495 e. The van der Waals surface area contributed by atoms with Crippen molar-refractivity contribution in [2.45, 2.75) is 4.90 Å². The molecule has 10 heteroatoms. The second-order valence-corrected chi connectivity index (χ2v) is 6.35. The standard InChI is InChI=1S/C13H16N4O5S/c1-16-11(14)10(12(18)17(2)13(16)19)23(20,21)15-8-6-4-5-7-9(8)22-3/h4-7,15H,14H2,1-3H3. The third kappa shape index (κ3) is 2.80. The minimum absolute atomic E-state index is 0.144. The Labute approximate surface area is 132 Å². The van der Waals surface area contributed by atoms with Gasteiger partial charge in [-0.2, -0.15) is 0 Å². The van der Waals surface area contributed by atoms with Gasteiger partial charge >= 0.3 is 5.69 Å². The molecular weight excluding hydrogens is 324 g/mol. The molecule has 0 aliphatic heterocycles. The van der Waals surface area contributed by atoms with Crippen LogP contribution in [-0.4, -0.2) is 24.7 Å². The molecule has 9 nitrogen and oxygen atoms in total. The Morgan fingerprint density at radius 1 is 1.13 bits per heavy atom.